The fraction of sp³-hybridized carbons (Fsp3) is 0.364. The van der Waals surface area contributed by atoms with Crippen molar-refractivity contribution in [2.45, 2.75) is 18.3 Å². The third-order valence-electron chi connectivity index (χ3n) is 2.05. The second-order valence-electron chi connectivity index (χ2n) is 3.44. The molecule has 0 saturated carbocycles. The molecule has 0 aliphatic rings. The summed E-state index contributed by atoms with van der Waals surface area (Å²) < 4.78 is 12.6. The van der Waals surface area contributed by atoms with Crippen LogP contribution < -0.4 is 0 Å². The molecule has 0 aromatic heterocycles. The lowest BCUT2D eigenvalue weighted by Gasteiger charge is -2.18. The summed E-state index contributed by atoms with van der Waals surface area (Å²) in [5, 5.41) is 0. The SMILES string of the molecule is CC(Br)C(=O)N(C)Cc1ccc(F)cc1. The Bertz CT molecular complexity index is 337. The molecule has 0 fully saturated rings. The molecule has 4 heteroatoms. The van der Waals surface area contributed by atoms with Crippen LogP contribution in [0.15, 0.2) is 24.3 Å². The van der Waals surface area contributed by atoms with Gasteiger partial charge in [-0.25, -0.2) is 4.39 Å². The van der Waals surface area contributed by atoms with E-state index in [9.17, 15) is 9.18 Å². The van der Waals surface area contributed by atoms with Crippen LogP contribution >= 0.6 is 15.9 Å². The van der Waals surface area contributed by atoms with Crippen molar-refractivity contribution in [1.82, 2.24) is 4.90 Å². The van der Waals surface area contributed by atoms with Crippen molar-refractivity contribution in [1.29, 1.82) is 0 Å². The highest BCUT2D eigenvalue weighted by atomic mass is 79.9. The summed E-state index contributed by atoms with van der Waals surface area (Å²) in [6.07, 6.45) is 0. The van der Waals surface area contributed by atoms with E-state index in [1.165, 1.54) is 12.1 Å². The summed E-state index contributed by atoms with van der Waals surface area (Å²) in [5.74, 6) is -0.249. The fourth-order valence-electron chi connectivity index (χ4n) is 1.25. The molecule has 1 aromatic carbocycles. The molecule has 82 valence electrons. The van der Waals surface area contributed by atoms with E-state index in [0.717, 1.165) is 5.56 Å². The zero-order valence-electron chi connectivity index (χ0n) is 8.71. The monoisotopic (exact) mass is 273 g/mol. The van der Waals surface area contributed by atoms with Crippen LogP contribution in [0.1, 0.15) is 12.5 Å². The summed E-state index contributed by atoms with van der Waals surface area (Å²) >= 11 is 3.21. The number of carbonyl (C=O) groups is 1. The molecule has 1 rings (SSSR count). The van der Waals surface area contributed by atoms with Crippen LogP contribution in [-0.2, 0) is 11.3 Å². The predicted octanol–water partition coefficient (Wildman–Crippen LogP) is 2.57. The highest BCUT2D eigenvalue weighted by Gasteiger charge is 2.14. The van der Waals surface area contributed by atoms with Gasteiger partial charge in [0.25, 0.3) is 0 Å². The van der Waals surface area contributed by atoms with Gasteiger partial charge >= 0.3 is 0 Å². The fourth-order valence-corrected chi connectivity index (χ4v) is 1.59. The molecule has 0 N–H and O–H groups in total. The van der Waals surface area contributed by atoms with Crippen LogP contribution in [0, 0.1) is 5.82 Å². The molecule has 1 unspecified atom stereocenters. The lowest BCUT2D eigenvalue weighted by Crippen LogP contribution is -2.31. The lowest BCUT2D eigenvalue weighted by molar-refractivity contribution is -0.129. The Hall–Kier alpha value is -0.900. The van der Waals surface area contributed by atoms with Crippen molar-refractivity contribution < 1.29 is 9.18 Å². The van der Waals surface area contributed by atoms with E-state index in [4.69, 9.17) is 0 Å². The van der Waals surface area contributed by atoms with Crippen LogP contribution in [0.2, 0.25) is 0 Å². The van der Waals surface area contributed by atoms with Crippen LogP contribution in [0.3, 0.4) is 0 Å². The first kappa shape index (κ1) is 12.2. The van der Waals surface area contributed by atoms with Crippen LogP contribution in [-0.4, -0.2) is 22.7 Å². The molecule has 1 atom stereocenters. The van der Waals surface area contributed by atoms with Gasteiger partial charge in [-0.3, -0.25) is 4.79 Å². The van der Waals surface area contributed by atoms with Gasteiger partial charge in [0.1, 0.15) is 5.82 Å². The number of carbonyl (C=O) groups excluding carboxylic acids is 1. The molecule has 1 aromatic rings. The van der Waals surface area contributed by atoms with E-state index >= 15 is 0 Å². The molecular weight excluding hydrogens is 261 g/mol. The average Bonchev–Trinajstić information content (AvgIpc) is 2.20. The van der Waals surface area contributed by atoms with E-state index in [1.807, 2.05) is 0 Å². The van der Waals surface area contributed by atoms with E-state index in [0.29, 0.717) is 6.54 Å². The summed E-state index contributed by atoms with van der Waals surface area (Å²) in [6, 6.07) is 6.15. The first-order chi connectivity index (χ1) is 7.00. The minimum Gasteiger partial charge on any atom is -0.340 e. The summed E-state index contributed by atoms with van der Waals surface area (Å²) in [4.78, 5) is 12.9. The molecule has 0 bridgehead atoms. The van der Waals surface area contributed by atoms with E-state index in [-0.39, 0.29) is 16.6 Å². The van der Waals surface area contributed by atoms with Crippen LogP contribution in [0.4, 0.5) is 4.39 Å². The minimum absolute atomic E-state index is 0.0133. The Morgan fingerprint density at radius 2 is 2.00 bits per heavy atom. The van der Waals surface area contributed by atoms with Crippen molar-refractivity contribution in [3.63, 3.8) is 0 Å². The smallest absolute Gasteiger partial charge is 0.236 e. The number of benzene rings is 1. The number of nitrogens with zero attached hydrogens (tertiary/aromatic N) is 1. The van der Waals surface area contributed by atoms with Gasteiger partial charge in [0.15, 0.2) is 0 Å². The minimum atomic E-state index is -0.262. The Morgan fingerprint density at radius 3 is 2.47 bits per heavy atom. The number of halogens is 2. The molecule has 2 nitrogen and oxygen atoms in total. The summed E-state index contributed by atoms with van der Waals surface area (Å²) in [6.45, 7) is 2.28. The zero-order chi connectivity index (χ0) is 11.4. The van der Waals surface area contributed by atoms with Crippen molar-refractivity contribution in [2.75, 3.05) is 7.05 Å². The first-order valence-corrected chi connectivity index (χ1v) is 5.55. The Labute approximate surface area is 97.2 Å². The Balaban J connectivity index is 2.62. The van der Waals surface area contributed by atoms with Gasteiger partial charge in [0, 0.05) is 13.6 Å². The second kappa shape index (κ2) is 5.26. The zero-order valence-corrected chi connectivity index (χ0v) is 10.3. The van der Waals surface area contributed by atoms with Crippen molar-refractivity contribution in [3.8, 4) is 0 Å². The lowest BCUT2D eigenvalue weighted by atomic mass is 10.2. The van der Waals surface area contributed by atoms with Gasteiger partial charge in [-0.2, -0.15) is 0 Å². The highest BCUT2D eigenvalue weighted by Crippen LogP contribution is 2.08. The van der Waals surface area contributed by atoms with E-state index < -0.39 is 0 Å². The maximum absolute atomic E-state index is 12.6. The standard InChI is InChI=1S/C11H13BrFNO/c1-8(12)11(15)14(2)7-9-3-5-10(13)6-4-9/h3-6,8H,7H2,1-2H3. The van der Waals surface area contributed by atoms with Crippen LogP contribution in [0.25, 0.3) is 0 Å². The van der Waals surface area contributed by atoms with Crippen LogP contribution in [0.5, 0.6) is 0 Å². The number of alkyl halides is 1. The first-order valence-electron chi connectivity index (χ1n) is 4.64. The molecule has 0 aliphatic carbocycles. The molecule has 0 aliphatic heterocycles. The highest BCUT2D eigenvalue weighted by molar-refractivity contribution is 9.10. The van der Waals surface area contributed by atoms with Gasteiger partial charge in [0.05, 0.1) is 4.83 Å². The third kappa shape index (κ3) is 3.63. The van der Waals surface area contributed by atoms with Crippen molar-refractivity contribution in [3.05, 3.63) is 35.6 Å². The van der Waals surface area contributed by atoms with Gasteiger partial charge in [-0.05, 0) is 24.6 Å². The molecule has 15 heavy (non-hydrogen) atoms. The normalized spacial score (nSPS) is 12.3. The van der Waals surface area contributed by atoms with E-state index in [2.05, 4.69) is 15.9 Å². The molecule has 1 amide bonds. The molecule has 0 heterocycles. The van der Waals surface area contributed by atoms with Gasteiger partial charge in [-0.1, -0.05) is 28.1 Å². The second-order valence-corrected chi connectivity index (χ2v) is 4.81. The number of rotatable bonds is 3. The number of hydrogen-bond donors (Lipinski definition) is 0. The summed E-state index contributed by atoms with van der Waals surface area (Å²) in [7, 11) is 1.73. The molecular formula is C11H13BrFNO. The van der Waals surface area contributed by atoms with E-state index in [1.54, 1.807) is 31.0 Å². The largest absolute Gasteiger partial charge is 0.340 e. The van der Waals surface area contributed by atoms with Crippen molar-refractivity contribution >= 4 is 21.8 Å². The Morgan fingerprint density at radius 1 is 1.47 bits per heavy atom. The summed E-state index contributed by atoms with van der Waals surface area (Å²) in [5.41, 5.74) is 0.917. The molecule has 0 spiro atoms. The number of hydrogen-bond acceptors (Lipinski definition) is 1. The Kier molecular flexibility index (Phi) is 4.27. The topological polar surface area (TPSA) is 20.3 Å². The maximum atomic E-state index is 12.6. The predicted molar refractivity (Wildman–Crippen MR) is 61.3 cm³/mol. The van der Waals surface area contributed by atoms with Gasteiger partial charge in [0.2, 0.25) is 5.91 Å². The van der Waals surface area contributed by atoms with Gasteiger partial charge in [-0.15, -0.1) is 0 Å². The maximum Gasteiger partial charge on any atom is 0.236 e. The molecule has 0 saturated heterocycles. The van der Waals surface area contributed by atoms with Crippen molar-refractivity contribution in [2.24, 2.45) is 0 Å². The quantitative estimate of drug-likeness (QED) is 0.776. The van der Waals surface area contributed by atoms with Gasteiger partial charge < -0.3 is 4.90 Å². The molecule has 0 radical (unpaired) electrons. The number of amides is 1. The average molecular weight is 274 g/mol. The third-order valence-corrected chi connectivity index (χ3v) is 2.44.